The third-order valence-corrected chi connectivity index (χ3v) is 1.19. The van der Waals surface area contributed by atoms with Gasteiger partial charge >= 0.3 is 0 Å². The maximum absolute atomic E-state index is 5.55. The minimum atomic E-state index is -0.181. The van der Waals surface area contributed by atoms with E-state index in [4.69, 9.17) is 16.2 Å². The van der Waals surface area contributed by atoms with E-state index >= 15 is 0 Å². The quantitative estimate of drug-likeness (QED) is 0.565. The molecule has 0 saturated carbocycles. The van der Waals surface area contributed by atoms with Crippen molar-refractivity contribution in [2.24, 2.45) is 11.5 Å². The highest BCUT2D eigenvalue weighted by molar-refractivity contribution is 5.85. The fourth-order valence-electron chi connectivity index (χ4n) is 0.482. The summed E-state index contributed by atoms with van der Waals surface area (Å²) in [5.74, 6) is 0. The molecule has 0 aromatic carbocycles. The second kappa shape index (κ2) is 4.30. The van der Waals surface area contributed by atoms with Crippen molar-refractivity contribution in [3.8, 4) is 0 Å². The number of hydrogen-bond donors (Lipinski definition) is 2. The molecule has 0 atom stereocenters. The molecule has 1 rings (SSSR count). The van der Waals surface area contributed by atoms with E-state index in [9.17, 15) is 0 Å². The molecule has 1 heterocycles. The van der Waals surface area contributed by atoms with Gasteiger partial charge in [-0.1, -0.05) is 0 Å². The van der Waals surface area contributed by atoms with Gasteiger partial charge in [-0.25, -0.2) is 0 Å². The molecule has 1 aliphatic rings. The van der Waals surface area contributed by atoms with Crippen molar-refractivity contribution in [2.45, 2.75) is 5.54 Å². The van der Waals surface area contributed by atoms with E-state index in [-0.39, 0.29) is 30.4 Å². The highest BCUT2D eigenvalue weighted by atomic mass is 35.5. The lowest BCUT2D eigenvalue weighted by molar-refractivity contribution is -0.0482. The number of ether oxygens (including phenoxy) is 1. The van der Waals surface area contributed by atoms with E-state index in [1.807, 2.05) is 0 Å². The van der Waals surface area contributed by atoms with Crippen LogP contribution in [-0.2, 0) is 4.74 Å². The first-order valence-electron chi connectivity index (χ1n) is 2.33. The van der Waals surface area contributed by atoms with Gasteiger partial charge in [0.15, 0.2) is 0 Å². The van der Waals surface area contributed by atoms with Crippen molar-refractivity contribution in [3.63, 3.8) is 0 Å². The van der Waals surface area contributed by atoms with Crippen LogP contribution in [0.25, 0.3) is 0 Å². The topological polar surface area (TPSA) is 61.3 Å². The highest BCUT2D eigenvalue weighted by Crippen LogP contribution is 2.09. The molecule has 9 heavy (non-hydrogen) atoms. The van der Waals surface area contributed by atoms with Crippen LogP contribution in [0.5, 0.6) is 0 Å². The Balaban J connectivity index is 0. The molecule has 4 N–H and O–H groups in total. The molecule has 0 aliphatic carbocycles. The van der Waals surface area contributed by atoms with Gasteiger partial charge in [0.2, 0.25) is 0 Å². The maximum atomic E-state index is 5.55. The highest BCUT2D eigenvalue weighted by Gasteiger charge is 2.31. The van der Waals surface area contributed by atoms with Crippen LogP contribution in [0.3, 0.4) is 0 Å². The molecular weight excluding hydrogens is 163 g/mol. The van der Waals surface area contributed by atoms with Crippen LogP contribution in [0.15, 0.2) is 0 Å². The summed E-state index contributed by atoms with van der Waals surface area (Å²) in [6.07, 6.45) is 0. The predicted octanol–water partition coefficient (Wildman–Crippen LogP) is -0.484. The van der Waals surface area contributed by atoms with E-state index in [0.29, 0.717) is 19.8 Å². The lowest BCUT2D eigenvalue weighted by Gasteiger charge is -2.36. The Morgan fingerprint density at radius 2 is 1.78 bits per heavy atom. The van der Waals surface area contributed by atoms with Crippen molar-refractivity contribution in [2.75, 3.05) is 19.8 Å². The zero-order valence-electron chi connectivity index (χ0n) is 5.00. The molecule has 58 valence electrons. The Bertz CT molecular complexity index is 71.5. The summed E-state index contributed by atoms with van der Waals surface area (Å²) in [6.45, 7) is 1.79. The lowest BCUT2D eigenvalue weighted by atomic mass is 10.0. The number of hydrogen-bond acceptors (Lipinski definition) is 3. The second-order valence-electron chi connectivity index (χ2n) is 2.06. The smallest absolute Gasteiger partial charge is 0.0752 e. The third-order valence-electron chi connectivity index (χ3n) is 1.19. The standard InChI is InChI=1S/C4H10N2O.2ClH/c5-1-4(6)2-7-3-4;;/h1-3,5-6H2;2*1H. The van der Waals surface area contributed by atoms with Gasteiger partial charge in [-0.05, 0) is 0 Å². The third kappa shape index (κ3) is 2.69. The van der Waals surface area contributed by atoms with E-state index < -0.39 is 0 Å². The minimum absolute atomic E-state index is 0. The zero-order chi connectivity index (χ0) is 5.33. The van der Waals surface area contributed by atoms with Gasteiger partial charge in [-0.2, -0.15) is 0 Å². The molecule has 0 amide bonds. The van der Waals surface area contributed by atoms with Gasteiger partial charge < -0.3 is 16.2 Å². The lowest BCUT2D eigenvalue weighted by Crippen LogP contribution is -2.62. The van der Waals surface area contributed by atoms with Crippen LogP contribution in [0.4, 0.5) is 0 Å². The average molecular weight is 175 g/mol. The summed E-state index contributed by atoms with van der Waals surface area (Å²) in [7, 11) is 0. The molecule has 0 radical (unpaired) electrons. The molecule has 0 aromatic heterocycles. The Morgan fingerprint density at radius 1 is 1.33 bits per heavy atom. The van der Waals surface area contributed by atoms with Crippen LogP contribution >= 0.6 is 24.8 Å². The molecule has 5 heteroatoms. The average Bonchev–Trinajstić information content (AvgIpc) is 1.61. The fourth-order valence-corrected chi connectivity index (χ4v) is 0.482. The summed E-state index contributed by atoms with van der Waals surface area (Å²) >= 11 is 0. The zero-order valence-corrected chi connectivity index (χ0v) is 6.63. The predicted molar refractivity (Wildman–Crippen MR) is 41.3 cm³/mol. The maximum Gasteiger partial charge on any atom is 0.0752 e. The van der Waals surface area contributed by atoms with Gasteiger partial charge in [-0.3, -0.25) is 0 Å². The van der Waals surface area contributed by atoms with Gasteiger partial charge in [0, 0.05) is 6.54 Å². The number of halogens is 2. The Labute approximate surface area is 66.9 Å². The van der Waals surface area contributed by atoms with Gasteiger partial charge in [0.05, 0.1) is 18.8 Å². The second-order valence-corrected chi connectivity index (χ2v) is 2.06. The first-order valence-corrected chi connectivity index (χ1v) is 2.33. The van der Waals surface area contributed by atoms with Crippen molar-refractivity contribution < 1.29 is 4.74 Å². The molecule has 0 spiro atoms. The monoisotopic (exact) mass is 174 g/mol. The van der Waals surface area contributed by atoms with Gasteiger partial charge in [0.1, 0.15) is 0 Å². The largest absolute Gasteiger partial charge is 0.377 e. The molecule has 1 saturated heterocycles. The molecule has 1 aliphatic heterocycles. The fraction of sp³-hybridized carbons (Fsp3) is 1.00. The number of nitrogens with two attached hydrogens (primary N) is 2. The van der Waals surface area contributed by atoms with Crippen molar-refractivity contribution in [3.05, 3.63) is 0 Å². The molecule has 3 nitrogen and oxygen atoms in total. The molecule has 0 unspecified atom stereocenters. The normalized spacial score (nSPS) is 20.7. The Morgan fingerprint density at radius 3 is 1.78 bits per heavy atom. The molecule has 0 aromatic rings. The van der Waals surface area contributed by atoms with E-state index in [1.54, 1.807) is 0 Å². The Hall–Kier alpha value is 0.460. The van der Waals surface area contributed by atoms with E-state index in [1.165, 1.54) is 0 Å². The van der Waals surface area contributed by atoms with Crippen LogP contribution < -0.4 is 11.5 Å². The Kier molecular flexibility index (Phi) is 5.82. The van der Waals surface area contributed by atoms with Crippen LogP contribution in [-0.4, -0.2) is 25.3 Å². The molecule has 0 bridgehead atoms. The number of rotatable bonds is 1. The van der Waals surface area contributed by atoms with E-state index in [2.05, 4.69) is 0 Å². The van der Waals surface area contributed by atoms with Gasteiger partial charge in [0.25, 0.3) is 0 Å². The van der Waals surface area contributed by atoms with Crippen molar-refractivity contribution in [1.29, 1.82) is 0 Å². The summed E-state index contributed by atoms with van der Waals surface area (Å²) in [5.41, 5.74) is 10.6. The summed E-state index contributed by atoms with van der Waals surface area (Å²) in [4.78, 5) is 0. The van der Waals surface area contributed by atoms with Crippen LogP contribution in [0.1, 0.15) is 0 Å². The minimum Gasteiger partial charge on any atom is -0.377 e. The van der Waals surface area contributed by atoms with Crippen molar-refractivity contribution >= 4 is 24.8 Å². The summed E-state index contributed by atoms with van der Waals surface area (Å²) in [6, 6.07) is 0. The first kappa shape index (κ1) is 12.2. The van der Waals surface area contributed by atoms with Crippen molar-refractivity contribution in [1.82, 2.24) is 0 Å². The molecule has 1 fully saturated rings. The van der Waals surface area contributed by atoms with Crippen LogP contribution in [0.2, 0.25) is 0 Å². The van der Waals surface area contributed by atoms with Gasteiger partial charge in [-0.15, -0.1) is 24.8 Å². The first-order chi connectivity index (χ1) is 3.27. The van der Waals surface area contributed by atoms with Crippen LogP contribution in [0, 0.1) is 0 Å². The van der Waals surface area contributed by atoms with E-state index in [0.717, 1.165) is 0 Å². The molecular formula is C4H12Cl2N2O. The summed E-state index contributed by atoms with van der Waals surface area (Å²) < 4.78 is 4.82. The summed E-state index contributed by atoms with van der Waals surface area (Å²) in [5, 5.41) is 0. The SMILES string of the molecule is Cl.Cl.NCC1(N)COC1.